The van der Waals surface area contributed by atoms with Crippen LogP contribution in [0.1, 0.15) is 11.1 Å². The van der Waals surface area contributed by atoms with Crippen molar-refractivity contribution in [2.75, 3.05) is 13.2 Å². The van der Waals surface area contributed by atoms with Crippen molar-refractivity contribution in [2.24, 2.45) is 0 Å². The van der Waals surface area contributed by atoms with Crippen LogP contribution >= 0.6 is 23.4 Å². The Balaban J connectivity index is 1.32. The first-order valence-electron chi connectivity index (χ1n) is 9.99. The van der Waals surface area contributed by atoms with Gasteiger partial charge in [-0.1, -0.05) is 54.1 Å². The number of hydrogen-bond acceptors (Lipinski definition) is 5. The zero-order valence-electron chi connectivity index (χ0n) is 17.1. The van der Waals surface area contributed by atoms with Gasteiger partial charge in [0, 0.05) is 5.02 Å². The summed E-state index contributed by atoms with van der Waals surface area (Å²) in [6, 6.07) is 24.0. The van der Waals surface area contributed by atoms with Gasteiger partial charge in [0.15, 0.2) is 0 Å². The second-order valence-electron chi connectivity index (χ2n) is 6.98. The molecule has 1 heterocycles. The van der Waals surface area contributed by atoms with Crippen LogP contribution in [0.25, 0.3) is 6.08 Å². The summed E-state index contributed by atoms with van der Waals surface area (Å²) >= 11 is 6.93. The highest BCUT2D eigenvalue weighted by Crippen LogP contribution is 2.33. The molecule has 4 rings (SSSR count). The molecule has 0 aromatic heterocycles. The number of halogens is 1. The molecule has 0 spiro atoms. The third-order valence-electron chi connectivity index (χ3n) is 4.65. The molecule has 3 aromatic carbocycles. The first kappa shape index (κ1) is 22.0. The molecule has 0 saturated carbocycles. The molecule has 0 N–H and O–H groups in total. The third-order valence-corrected chi connectivity index (χ3v) is 5.79. The zero-order valence-corrected chi connectivity index (χ0v) is 18.6. The number of ether oxygens (including phenoxy) is 2. The minimum absolute atomic E-state index is 0.195. The van der Waals surface area contributed by atoms with Crippen LogP contribution in [0, 0.1) is 0 Å². The Morgan fingerprint density at radius 1 is 0.844 bits per heavy atom. The number of benzene rings is 3. The van der Waals surface area contributed by atoms with Crippen LogP contribution in [0.15, 0.2) is 83.8 Å². The molecule has 0 aliphatic carbocycles. The molecular formula is C25H20ClNO4S. The van der Waals surface area contributed by atoms with Crippen molar-refractivity contribution in [3.63, 3.8) is 0 Å². The highest BCUT2D eigenvalue weighted by Gasteiger charge is 2.34. The van der Waals surface area contributed by atoms with Gasteiger partial charge in [-0.3, -0.25) is 14.5 Å². The van der Waals surface area contributed by atoms with Crippen molar-refractivity contribution < 1.29 is 19.1 Å². The summed E-state index contributed by atoms with van der Waals surface area (Å²) in [6.07, 6.45) is 1.71. The van der Waals surface area contributed by atoms with E-state index >= 15 is 0 Å². The number of amides is 2. The fourth-order valence-corrected chi connectivity index (χ4v) is 4.15. The number of carbonyl (C=O) groups is 2. The van der Waals surface area contributed by atoms with Crippen LogP contribution in [0.4, 0.5) is 4.79 Å². The van der Waals surface area contributed by atoms with Crippen molar-refractivity contribution >= 4 is 40.6 Å². The van der Waals surface area contributed by atoms with Crippen molar-refractivity contribution in [2.45, 2.75) is 6.54 Å². The van der Waals surface area contributed by atoms with Gasteiger partial charge in [0.25, 0.3) is 11.1 Å². The minimum Gasteiger partial charge on any atom is -0.490 e. The Kier molecular flexibility index (Phi) is 7.14. The lowest BCUT2D eigenvalue weighted by molar-refractivity contribution is -0.123. The molecular weight excluding hydrogens is 446 g/mol. The molecule has 1 aliphatic rings. The Labute approximate surface area is 195 Å². The summed E-state index contributed by atoms with van der Waals surface area (Å²) < 4.78 is 11.3. The van der Waals surface area contributed by atoms with Crippen LogP contribution < -0.4 is 9.47 Å². The third kappa shape index (κ3) is 5.72. The molecule has 32 heavy (non-hydrogen) atoms. The topological polar surface area (TPSA) is 55.8 Å². The molecule has 162 valence electrons. The van der Waals surface area contributed by atoms with E-state index < -0.39 is 0 Å². The minimum atomic E-state index is -0.307. The number of rotatable bonds is 8. The highest BCUT2D eigenvalue weighted by molar-refractivity contribution is 8.18. The molecule has 0 atom stereocenters. The van der Waals surface area contributed by atoms with E-state index in [2.05, 4.69) is 0 Å². The lowest BCUT2D eigenvalue weighted by Gasteiger charge is -2.12. The summed E-state index contributed by atoms with van der Waals surface area (Å²) in [5.74, 6) is 1.20. The van der Waals surface area contributed by atoms with Gasteiger partial charge < -0.3 is 9.47 Å². The van der Waals surface area contributed by atoms with E-state index in [0.29, 0.717) is 28.9 Å². The normalized spacial score (nSPS) is 14.8. The standard InChI is InChI=1S/C25H20ClNO4S/c26-20-6-4-5-19(15-20)17-27-24(28)23(32-25(27)29)16-18-9-11-22(12-10-18)31-14-13-30-21-7-2-1-3-8-21/h1-12,15-16H,13-14,17H2/b23-16-. The number of para-hydroxylation sites is 1. The van der Waals surface area contributed by atoms with E-state index in [0.717, 1.165) is 28.6 Å². The second kappa shape index (κ2) is 10.4. The van der Waals surface area contributed by atoms with E-state index in [1.807, 2.05) is 60.7 Å². The Bertz CT molecular complexity index is 1130. The van der Waals surface area contributed by atoms with E-state index in [1.54, 1.807) is 24.3 Å². The van der Waals surface area contributed by atoms with Crippen LogP contribution in [0.3, 0.4) is 0 Å². The van der Waals surface area contributed by atoms with Gasteiger partial charge in [0.1, 0.15) is 24.7 Å². The smallest absolute Gasteiger partial charge is 0.293 e. The molecule has 3 aromatic rings. The van der Waals surface area contributed by atoms with Gasteiger partial charge in [0.05, 0.1) is 11.4 Å². The average Bonchev–Trinajstić information content (AvgIpc) is 3.06. The number of carbonyl (C=O) groups excluding carboxylic acids is 2. The number of imide groups is 1. The van der Waals surface area contributed by atoms with Gasteiger partial charge in [-0.25, -0.2) is 0 Å². The van der Waals surface area contributed by atoms with Gasteiger partial charge in [-0.2, -0.15) is 0 Å². The average molecular weight is 466 g/mol. The zero-order chi connectivity index (χ0) is 22.3. The van der Waals surface area contributed by atoms with E-state index in [9.17, 15) is 9.59 Å². The van der Waals surface area contributed by atoms with Crippen molar-refractivity contribution in [3.8, 4) is 11.5 Å². The Morgan fingerprint density at radius 3 is 2.22 bits per heavy atom. The summed E-state index contributed by atoms with van der Waals surface area (Å²) in [4.78, 5) is 26.7. The second-order valence-corrected chi connectivity index (χ2v) is 8.41. The van der Waals surface area contributed by atoms with Gasteiger partial charge in [0.2, 0.25) is 0 Å². The first-order chi connectivity index (χ1) is 15.6. The highest BCUT2D eigenvalue weighted by atomic mass is 35.5. The lowest BCUT2D eigenvalue weighted by atomic mass is 10.2. The van der Waals surface area contributed by atoms with E-state index in [4.69, 9.17) is 21.1 Å². The molecule has 1 aliphatic heterocycles. The number of thioether (sulfide) groups is 1. The number of hydrogen-bond donors (Lipinski definition) is 0. The van der Waals surface area contributed by atoms with Gasteiger partial charge >= 0.3 is 0 Å². The molecule has 7 heteroatoms. The van der Waals surface area contributed by atoms with Crippen LogP contribution in [0.5, 0.6) is 11.5 Å². The fraction of sp³-hybridized carbons (Fsp3) is 0.120. The molecule has 5 nitrogen and oxygen atoms in total. The van der Waals surface area contributed by atoms with Crippen LogP contribution in [0.2, 0.25) is 5.02 Å². The number of nitrogens with zero attached hydrogens (tertiary/aromatic N) is 1. The maximum Gasteiger partial charge on any atom is 0.293 e. The monoisotopic (exact) mass is 465 g/mol. The molecule has 1 fully saturated rings. The maximum absolute atomic E-state index is 12.7. The quantitative estimate of drug-likeness (QED) is 0.300. The van der Waals surface area contributed by atoms with E-state index in [1.165, 1.54) is 4.90 Å². The van der Waals surface area contributed by atoms with Crippen LogP contribution in [-0.2, 0) is 11.3 Å². The predicted molar refractivity (Wildman–Crippen MR) is 127 cm³/mol. The fourth-order valence-electron chi connectivity index (χ4n) is 3.10. The summed E-state index contributed by atoms with van der Waals surface area (Å²) in [7, 11) is 0. The summed E-state index contributed by atoms with van der Waals surface area (Å²) in [5.41, 5.74) is 1.62. The molecule has 1 saturated heterocycles. The SMILES string of the molecule is O=C1S/C(=C\c2ccc(OCCOc3ccccc3)cc2)C(=O)N1Cc1cccc(Cl)c1. The summed E-state index contributed by atoms with van der Waals surface area (Å²) in [5, 5.41) is 0.276. The summed E-state index contributed by atoms with van der Waals surface area (Å²) in [6.45, 7) is 1.04. The Hall–Kier alpha value is -3.22. The van der Waals surface area contributed by atoms with Gasteiger partial charge in [-0.05, 0) is 65.4 Å². The van der Waals surface area contributed by atoms with Crippen LogP contribution in [-0.4, -0.2) is 29.3 Å². The van der Waals surface area contributed by atoms with E-state index in [-0.39, 0.29) is 17.7 Å². The van der Waals surface area contributed by atoms with Gasteiger partial charge in [-0.15, -0.1) is 0 Å². The van der Waals surface area contributed by atoms with Crippen molar-refractivity contribution in [1.82, 2.24) is 4.90 Å². The van der Waals surface area contributed by atoms with Crippen molar-refractivity contribution in [1.29, 1.82) is 0 Å². The first-order valence-corrected chi connectivity index (χ1v) is 11.2. The maximum atomic E-state index is 12.7. The molecule has 0 unspecified atom stereocenters. The van der Waals surface area contributed by atoms with Crippen molar-refractivity contribution in [3.05, 3.63) is 99.9 Å². The largest absolute Gasteiger partial charge is 0.490 e. The molecule has 0 radical (unpaired) electrons. The Morgan fingerprint density at radius 2 is 1.53 bits per heavy atom. The molecule has 0 bridgehead atoms. The molecule has 2 amide bonds. The predicted octanol–water partition coefficient (Wildman–Crippen LogP) is 6.03. The lowest BCUT2D eigenvalue weighted by Crippen LogP contribution is -2.27.